The summed E-state index contributed by atoms with van der Waals surface area (Å²) in [6.07, 6.45) is 3.70. The van der Waals surface area contributed by atoms with Gasteiger partial charge >= 0.3 is 0 Å². The van der Waals surface area contributed by atoms with Gasteiger partial charge in [0.25, 0.3) is 0 Å². The molecule has 1 nitrogen and oxygen atoms in total. The Bertz CT molecular complexity index is 274. The predicted molar refractivity (Wildman–Crippen MR) is 54.1 cm³/mol. The van der Waals surface area contributed by atoms with Crippen molar-refractivity contribution >= 4 is 21.7 Å². The largest absolute Gasteiger partial charge is 0.299 e. The molecule has 0 saturated carbocycles. The van der Waals surface area contributed by atoms with Gasteiger partial charge in [-0.25, -0.2) is 0 Å². The molecule has 64 valence electrons. The van der Waals surface area contributed by atoms with E-state index >= 15 is 0 Å². The lowest BCUT2D eigenvalue weighted by atomic mass is 9.91. The Kier molecular flexibility index (Phi) is 3.04. The Morgan fingerprint density at radius 2 is 2.17 bits per heavy atom. The van der Waals surface area contributed by atoms with E-state index in [1.807, 2.05) is 0 Å². The standard InChI is InChI=1S/C10H11BrO/c1-3-8-6-9(12)4-5-10(8)7(2)11/h3H,1-2,4-6H2. The fourth-order valence-electron chi connectivity index (χ4n) is 1.34. The smallest absolute Gasteiger partial charge is 0.137 e. The molecule has 1 aliphatic carbocycles. The molecule has 0 unspecified atom stereocenters. The maximum absolute atomic E-state index is 11.1. The van der Waals surface area contributed by atoms with Crippen LogP contribution in [0.5, 0.6) is 0 Å². The second kappa shape index (κ2) is 3.85. The highest BCUT2D eigenvalue weighted by Gasteiger charge is 2.16. The second-order valence-corrected chi connectivity index (χ2v) is 3.79. The fourth-order valence-corrected chi connectivity index (χ4v) is 1.79. The van der Waals surface area contributed by atoms with E-state index in [-0.39, 0.29) is 0 Å². The number of rotatable bonds is 2. The van der Waals surface area contributed by atoms with Crippen molar-refractivity contribution in [2.45, 2.75) is 19.3 Å². The van der Waals surface area contributed by atoms with Crippen molar-refractivity contribution in [3.8, 4) is 0 Å². The van der Waals surface area contributed by atoms with Gasteiger partial charge in [0.15, 0.2) is 0 Å². The van der Waals surface area contributed by atoms with E-state index in [1.54, 1.807) is 6.08 Å². The Balaban J connectivity index is 2.98. The minimum Gasteiger partial charge on any atom is -0.299 e. The molecule has 12 heavy (non-hydrogen) atoms. The number of allylic oxidation sites excluding steroid dienone is 4. The maximum Gasteiger partial charge on any atom is 0.137 e. The molecule has 0 saturated heterocycles. The third-order valence-electron chi connectivity index (χ3n) is 2.00. The van der Waals surface area contributed by atoms with Crippen LogP contribution in [-0.4, -0.2) is 5.78 Å². The summed E-state index contributed by atoms with van der Waals surface area (Å²) in [7, 11) is 0. The first kappa shape index (κ1) is 9.46. The number of ketones is 1. The monoisotopic (exact) mass is 226 g/mol. The molecule has 0 aromatic rings. The first-order valence-corrected chi connectivity index (χ1v) is 4.65. The summed E-state index contributed by atoms with van der Waals surface area (Å²) in [6, 6.07) is 0. The quantitative estimate of drug-likeness (QED) is 0.708. The number of carbonyl (C=O) groups excluding carboxylic acids is 1. The van der Waals surface area contributed by atoms with Gasteiger partial charge in [0, 0.05) is 17.3 Å². The van der Waals surface area contributed by atoms with Crippen molar-refractivity contribution < 1.29 is 4.79 Å². The molecular formula is C10H11BrO. The van der Waals surface area contributed by atoms with Crippen LogP contribution < -0.4 is 0 Å². The van der Waals surface area contributed by atoms with Crippen LogP contribution in [0.4, 0.5) is 0 Å². The predicted octanol–water partition coefficient (Wildman–Crippen LogP) is 3.13. The third kappa shape index (κ3) is 1.95. The van der Waals surface area contributed by atoms with Crippen molar-refractivity contribution in [2.24, 2.45) is 0 Å². The Morgan fingerprint density at radius 3 is 2.67 bits per heavy atom. The molecule has 0 fully saturated rings. The number of carbonyl (C=O) groups is 1. The molecule has 0 heterocycles. The molecule has 0 aliphatic heterocycles. The molecule has 2 heteroatoms. The Labute approximate surface area is 81.0 Å². The van der Waals surface area contributed by atoms with Crippen molar-refractivity contribution in [1.29, 1.82) is 0 Å². The number of hydrogen-bond donors (Lipinski definition) is 0. The van der Waals surface area contributed by atoms with Crippen LogP contribution in [-0.2, 0) is 4.79 Å². The summed E-state index contributed by atoms with van der Waals surface area (Å²) in [5.41, 5.74) is 2.16. The van der Waals surface area contributed by atoms with E-state index in [2.05, 4.69) is 29.1 Å². The average Bonchev–Trinajstić information content (AvgIpc) is 2.03. The van der Waals surface area contributed by atoms with Crippen LogP contribution in [0.1, 0.15) is 19.3 Å². The molecule has 0 aromatic heterocycles. The molecule has 1 aliphatic rings. The third-order valence-corrected chi connectivity index (χ3v) is 2.48. The highest BCUT2D eigenvalue weighted by atomic mass is 79.9. The molecule has 0 spiro atoms. The van der Waals surface area contributed by atoms with Crippen LogP contribution in [0.2, 0.25) is 0 Å². The minimum absolute atomic E-state index is 0.294. The summed E-state index contributed by atoms with van der Waals surface area (Å²) in [5, 5.41) is 0. The van der Waals surface area contributed by atoms with Crippen LogP contribution in [0, 0.1) is 0 Å². The first-order chi connectivity index (χ1) is 5.65. The molecule has 1 rings (SSSR count). The van der Waals surface area contributed by atoms with Gasteiger partial charge < -0.3 is 0 Å². The number of Topliss-reactive ketones (excluding diaryl/α,β-unsaturated/α-hetero) is 1. The van der Waals surface area contributed by atoms with Gasteiger partial charge in [-0.15, -0.1) is 0 Å². The van der Waals surface area contributed by atoms with E-state index in [0.717, 1.165) is 22.0 Å². The lowest BCUT2D eigenvalue weighted by Crippen LogP contribution is -2.08. The molecule has 0 N–H and O–H groups in total. The molecule has 0 amide bonds. The van der Waals surface area contributed by atoms with E-state index in [0.29, 0.717) is 18.6 Å². The summed E-state index contributed by atoms with van der Waals surface area (Å²) in [6.45, 7) is 7.48. The van der Waals surface area contributed by atoms with Crippen molar-refractivity contribution in [1.82, 2.24) is 0 Å². The van der Waals surface area contributed by atoms with Crippen LogP contribution in [0.3, 0.4) is 0 Å². The maximum atomic E-state index is 11.1. The summed E-state index contributed by atoms with van der Waals surface area (Å²) in [5.74, 6) is 0.294. The van der Waals surface area contributed by atoms with Crippen molar-refractivity contribution in [3.05, 3.63) is 34.9 Å². The van der Waals surface area contributed by atoms with Crippen LogP contribution in [0.25, 0.3) is 0 Å². The highest BCUT2D eigenvalue weighted by Crippen LogP contribution is 2.30. The lowest BCUT2D eigenvalue weighted by molar-refractivity contribution is -0.118. The summed E-state index contributed by atoms with van der Waals surface area (Å²) < 4.78 is 0.880. The van der Waals surface area contributed by atoms with E-state index in [9.17, 15) is 4.79 Å². The SMILES string of the molecule is C=CC1=C(C(=C)Br)CCC(=O)C1. The molecule has 0 atom stereocenters. The number of hydrogen-bond acceptors (Lipinski definition) is 1. The molecule has 0 bridgehead atoms. The van der Waals surface area contributed by atoms with Crippen LogP contribution >= 0.6 is 15.9 Å². The van der Waals surface area contributed by atoms with Crippen LogP contribution in [0.15, 0.2) is 34.9 Å². The average molecular weight is 227 g/mol. The fraction of sp³-hybridized carbons (Fsp3) is 0.300. The van der Waals surface area contributed by atoms with Crippen molar-refractivity contribution in [2.75, 3.05) is 0 Å². The highest BCUT2D eigenvalue weighted by molar-refractivity contribution is 9.11. The Morgan fingerprint density at radius 1 is 1.50 bits per heavy atom. The molecular weight excluding hydrogens is 216 g/mol. The van der Waals surface area contributed by atoms with Gasteiger partial charge in [0.05, 0.1) is 0 Å². The van der Waals surface area contributed by atoms with Gasteiger partial charge in [-0.1, -0.05) is 35.2 Å². The number of halogens is 1. The second-order valence-electron chi connectivity index (χ2n) is 2.83. The zero-order valence-corrected chi connectivity index (χ0v) is 8.49. The van der Waals surface area contributed by atoms with E-state index in [1.165, 1.54) is 0 Å². The van der Waals surface area contributed by atoms with Gasteiger partial charge in [-0.05, 0) is 17.6 Å². The summed E-state index contributed by atoms with van der Waals surface area (Å²) in [4.78, 5) is 11.1. The van der Waals surface area contributed by atoms with E-state index < -0.39 is 0 Å². The van der Waals surface area contributed by atoms with Gasteiger partial charge in [0.1, 0.15) is 5.78 Å². The van der Waals surface area contributed by atoms with Gasteiger partial charge in [-0.2, -0.15) is 0 Å². The summed E-state index contributed by atoms with van der Waals surface area (Å²) >= 11 is 3.33. The Hall–Kier alpha value is -0.630. The zero-order chi connectivity index (χ0) is 9.14. The first-order valence-electron chi connectivity index (χ1n) is 3.86. The minimum atomic E-state index is 0.294. The molecule has 0 aromatic carbocycles. The lowest BCUT2D eigenvalue weighted by Gasteiger charge is -2.16. The van der Waals surface area contributed by atoms with Crippen molar-refractivity contribution in [3.63, 3.8) is 0 Å². The zero-order valence-electron chi connectivity index (χ0n) is 6.90. The van der Waals surface area contributed by atoms with Gasteiger partial charge in [-0.3, -0.25) is 4.79 Å². The normalized spacial score (nSPS) is 17.9. The van der Waals surface area contributed by atoms with E-state index in [4.69, 9.17) is 0 Å². The van der Waals surface area contributed by atoms with Gasteiger partial charge in [0.2, 0.25) is 0 Å². The molecule has 0 radical (unpaired) electrons. The topological polar surface area (TPSA) is 17.1 Å².